The lowest BCUT2D eigenvalue weighted by atomic mass is 10.2. The van der Waals surface area contributed by atoms with Crippen molar-refractivity contribution in [3.63, 3.8) is 0 Å². The number of nitrogen functional groups attached to an aromatic ring is 1. The van der Waals surface area contributed by atoms with Gasteiger partial charge in [0.15, 0.2) is 0 Å². The van der Waals surface area contributed by atoms with Crippen molar-refractivity contribution < 1.29 is 0 Å². The Labute approximate surface area is 96.8 Å². The van der Waals surface area contributed by atoms with E-state index in [0.717, 1.165) is 23.7 Å². The van der Waals surface area contributed by atoms with Crippen LogP contribution in [0.1, 0.15) is 18.5 Å². The van der Waals surface area contributed by atoms with Gasteiger partial charge in [0, 0.05) is 18.3 Å². The van der Waals surface area contributed by atoms with Crippen molar-refractivity contribution in [1.82, 2.24) is 9.88 Å². The van der Waals surface area contributed by atoms with E-state index in [2.05, 4.69) is 22.2 Å². The van der Waals surface area contributed by atoms with E-state index in [4.69, 9.17) is 5.73 Å². The van der Waals surface area contributed by atoms with Crippen LogP contribution in [0.3, 0.4) is 0 Å². The standard InChI is InChI=1S/C12H20N4/c1-9-5-6-11(13)12(15-9)14-8-10-4-3-7-16(10)2/h5-6,10H,3-4,7-8,13H2,1-2H3,(H,14,15). The maximum Gasteiger partial charge on any atom is 0.149 e. The summed E-state index contributed by atoms with van der Waals surface area (Å²) in [7, 11) is 2.17. The Morgan fingerprint density at radius 3 is 3.06 bits per heavy atom. The average Bonchev–Trinajstić information content (AvgIpc) is 2.66. The first-order valence-electron chi connectivity index (χ1n) is 5.84. The highest BCUT2D eigenvalue weighted by atomic mass is 15.2. The molecule has 16 heavy (non-hydrogen) atoms. The monoisotopic (exact) mass is 220 g/mol. The average molecular weight is 220 g/mol. The first-order chi connectivity index (χ1) is 7.66. The molecule has 1 saturated heterocycles. The number of pyridine rings is 1. The molecule has 4 heteroatoms. The number of nitrogens with zero attached hydrogens (tertiary/aromatic N) is 2. The summed E-state index contributed by atoms with van der Waals surface area (Å²) in [5.41, 5.74) is 7.59. The molecule has 88 valence electrons. The second-order valence-corrected chi connectivity index (χ2v) is 4.55. The van der Waals surface area contributed by atoms with Crippen LogP contribution in [-0.4, -0.2) is 36.1 Å². The Morgan fingerprint density at radius 2 is 2.38 bits per heavy atom. The van der Waals surface area contributed by atoms with Gasteiger partial charge in [-0.05, 0) is 45.5 Å². The van der Waals surface area contributed by atoms with Crippen LogP contribution >= 0.6 is 0 Å². The highest BCUT2D eigenvalue weighted by Crippen LogP contribution is 2.18. The Balaban J connectivity index is 1.96. The predicted molar refractivity (Wildman–Crippen MR) is 67.5 cm³/mol. The molecule has 2 heterocycles. The molecular formula is C12H20N4. The molecule has 1 atom stereocenters. The van der Waals surface area contributed by atoms with Gasteiger partial charge in [-0.1, -0.05) is 0 Å². The maximum absolute atomic E-state index is 5.87. The number of rotatable bonds is 3. The van der Waals surface area contributed by atoms with Gasteiger partial charge < -0.3 is 16.0 Å². The molecule has 0 bridgehead atoms. The molecule has 0 amide bonds. The quantitative estimate of drug-likeness (QED) is 0.810. The molecular weight excluding hydrogens is 200 g/mol. The Morgan fingerprint density at radius 1 is 1.56 bits per heavy atom. The summed E-state index contributed by atoms with van der Waals surface area (Å²) in [6, 6.07) is 4.45. The van der Waals surface area contributed by atoms with Gasteiger partial charge in [0.2, 0.25) is 0 Å². The number of hydrogen-bond donors (Lipinski definition) is 2. The van der Waals surface area contributed by atoms with Crippen molar-refractivity contribution in [1.29, 1.82) is 0 Å². The van der Waals surface area contributed by atoms with Crippen molar-refractivity contribution in [2.45, 2.75) is 25.8 Å². The second kappa shape index (κ2) is 4.70. The van der Waals surface area contributed by atoms with Gasteiger partial charge in [-0.2, -0.15) is 0 Å². The highest BCUT2D eigenvalue weighted by Gasteiger charge is 2.20. The van der Waals surface area contributed by atoms with Gasteiger partial charge in [0.1, 0.15) is 5.82 Å². The van der Waals surface area contributed by atoms with E-state index in [0.29, 0.717) is 6.04 Å². The van der Waals surface area contributed by atoms with Crippen molar-refractivity contribution in [3.05, 3.63) is 17.8 Å². The van der Waals surface area contributed by atoms with E-state index in [-0.39, 0.29) is 0 Å². The Bertz CT molecular complexity index is 364. The molecule has 0 aromatic carbocycles. The van der Waals surface area contributed by atoms with Crippen LogP contribution < -0.4 is 11.1 Å². The minimum Gasteiger partial charge on any atom is -0.396 e. The van der Waals surface area contributed by atoms with E-state index in [9.17, 15) is 0 Å². The first kappa shape index (κ1) is 11.2. The molecule has 0 radical (unpaired) electrons. The summed E-state index contributed by atoms with van der Waals surface area (Å²) < 4.78 is 0. The summed E-state index contributed by atoms with van der Waals surface area (Å²) in [4.78, 5) is 6.79. The van der Waals surface area contributed by atoms with Gasteiger partial charge in [-0.15, -0.1) is 0 Å². The van der Waals surface area contributed by atoms with Crippen LogP contribution in [0.25, 0.3) is 0 Å². The number of hydrogen-bond acceptors (Lipinski definition) is 4. The first-order valence-corrected chi connectivity index (χ1v) is 5.84. The molecule has 2 rings (SSSR count). The summed E-state index contributed by atoms with van der Waals surface area (Å²) in [5, 5.41) is 3.35. The second-order valence-electron chi connectivity index (χ2n) is 4.55. The summed E-state index contributed by atoms with van der Waals surface area (Å²) in [5.74, 6) is 0.820. The van der Waals surface area contributed by atoms with Crippen LogP contribution in [0.4, 0.5) is 11.5 Å². The summed E-state index contributed by atoms with van der Waals surface area (Å²) in [6.07, 6.45) is 2.55. The number of anilines is 2. The fourth-order valence-electron chi connectivity index (χ4n) is 2.16. The van der Waals surface area contributed by atoms with Crippen LogP contribution in [0, 0.1) is 6.92 Å². The lowest BCUT2D eigenvalue weighted by molar-refractivity contribution is 0.322. The van der Waals surface area contributed by atoms with Gasteiger partial charge in [-0.3, -0.25) is 0 Å². The van der Waals surface area contributed by atoms with Gasteiger partial charge in [0.25, 0.3) is 0 Å². The fraction of sp³-hybridized carbons (Fsp3) is 0.583. The van der Waals surface area contributed by atoms with E-state index in [1.54, 1.807) is 0 Å². The van der Waals surface area contributed by atoms with Crippen molar-refractivity contribution in [2.75, 3.05) is 31.2 Å². The van der Waals surface area contributed by atoms with Crippen molar-refractivity contribution >= 4 is 11.5 Å². The molecule has 3 N–H and O–H groups in total. The zero-order valence-electron chi connectivity index (χ0n) is 10.0. The third-order valence-corrected chi connectivity index (χ3v) is 3.24. The van der Waals surface area contributed by atoms with Crippen molar-refractivity contribution in [3.8, 4) is 0 Å². The van der Waals surface area contributed by atoms with E-state index < -0.39 is 0 Å². The third kappa shape index (κ3) is 2.44. The smallest absolute Gasteiger partial charge is 0.149 e. The topological polar surface area (TPSA) is 54.2 Å². The molecule has 4 nitrogen and oxygen atoms in total. The fourth-order valence-corrected chi connectivity index (χ4v) is 2.16. The van der Waals surface area contributed by atoms with Crippen LogP contribution in [0.2, 0.25) is 0 Å². The van der Waals surface area contributed by atoms with Gasteiger partial charge in [0.05, 0.1) is 5.69 Å². The number of aryl methyl sites for hydroxylation is 1. The summed E-state index contributed by atoms with van der Waals surface area (Å²) in [6.45, 7) is 4.10. The minimum absolute atomic E-state index is 0.613. The van der Waals surface area contributed by atoms with E-state index in [1.165, 1.54) is 19.4 Å². The number of nitrogens with two attached hydrogens (primary N) is 1. The highest BCUT2D eigenvalue weighted by molar-refractivity contribution is 5.61. The minimum atomic E-state index is 0.613. The molecule has 0 spiro atoms. The van der Waals surface area contributed by atoms with Gasteiger partial charge in [-0.25, -0.2) is 4.98 Å². The van der Waals surface area contributed by atoms with Crippen LogP contribution in [0.5, 0.6) is 0 Å². The molecule has 0 saturated carbocycles. The molecule has 1 unspecified atom stereocenters. The zero-order chi connectivity index (χ0) is 11.5. The van der Waals surface area contributed by atoms with Gasteiger partial charge >= 0.3 is 0 Å². The van der Waals surface area contributed by atoms with Crippen LogP contribution in [0.15, 0.2) is 12.1 Å². The predicted octanol–water partition coefficient (Wildman–Crippen LogP) is 1.48. The van der Waals surface area contributed by atoms with Crippen LogP contribution in [-0.2, 0) is 0 Å². The molecule has 1 aromatic rings. The number of aromatic nitrogens is 1. The molecule has 0 aliphatic carbocycles. The normalized spacial score (nSPS) is 21.2. The SMILES string of the molecule is Cc1ccc(N)c(NCC2CCCN2C)n1. The zero-order valence-corrected chi connectivity index (χ0v) is 10.0. The molecule has 1 aliphatic heterocycles. The molecule has 1 aromatic heterocycles. The van der Waals surface area contributed by atoms with E-state index >= 15 is 0 Å². The molecule has 1 fully saturated rings. The Kier molecular flexibility index (Phi) is 3.29. The molecule has 1 aliphatic rings. The number of likely N-dealkylation sites (N-methyl/N-ethyl adjacent to an activating group) is 1. The van der Waals surface area contributed by atoms with E-state index in [1.807, 2.05) is 19.1 Å². The number of nitrogens with one attached hydrogen (secondary N) is 1. The lowest BCUT2D eigenvalue weighted by Crippen LogP contribution is -2.31. The third-order valence-electron chi connectivity index (χ3n) is 3.24. The van der Waals surface area contributed by atoms with Crippen molar-refractivity contribution in [2.24, 2.45) is 0 Å². The summed E-state index contributed by atoms with van der Waals surface area (Å²) >= 11 is 0. The maximum atomic E-state index is 5.87. The lowest BCUT2D eigenvalue weighted by Gasteiger charge is -2.20. The largest absolute Gasteiger partial charge is 0.396 e. The number of likely N-dealkylation sites (tertiary alicyclic amines) is 1. The Hall–Kier alpha value is -1.29.